The van der Waals surface area contributed by atoms with E-state index in [9.17, 15) is 30.4 Å². The fourth-order valence-electron chi connectivity index (χ4n) is 3.49. The molecule has 3 aromatic carbocycles. The minimum absolute atomic E-state index is 0. The van der Waals surface area contributed by atoms with Crippen LogP contribution in [0.15, 0.2) is 88.2 Å². The Morgan fingerprint density at radius 2 is 1.19 bits per heavy atom. The topological polar surface area (TPSA) is 72.0 Å². The molecule has 0 spiro atoms. The Bertz CT molecular complexity index is 1650. The maximum atomic E-state index is 14.1. The fraction of sp³-hybridized carbons (Fsp3) is 0.200. The molecule has 0 unspecified atom stereocenters. The number of hydrogen-bond acceptors (Lipinski definition) is 2. The summed E-state index contributed by atoms with van der Waals surface area (Å²) < 4.78 is 97.1. The summed E-state index contributed by atoms with van der Waals surface area (Å²) in [4.78, 5) is -2.06. The Hall–Kier alpha value is -3.05. The van der Waals surface area contributed by atoms with E-state index in [1.165, 1.54) is 36.4 Å². The maximum Gasteiger partial charge on any atom is 3.00 e. The maximum absolute atomic E-state index is 14.1. The van der Waals surface area contributed by atoms with Crippen LogP contribution in [0, 0.1) is 46.8 Å². The summed E-state index contributed by atoms with van der Waals surface area (Å²) in [6.45, 7) is 6.16. The second kappa shape index (κ2) is 16.0. The number of hydrogen-bond donors (Lipinski definition) is 0. The van der Waals surface area contributed by atoms with Crippen molar-refractivity contribution in [1.29, 1.82) is 0 Å². The molecule has 1 radical (unpaired) electrons. The molecule has 0 aliphatic heterocycles. The van der Waals surface area contributed by atoms with Crippen LogP contribution in [0.3, 0.4) is 0 Å². The van der Waals surface area contributed by atoms with Gasteiger partial charge in [0.1, 0.15) is 14.9 Å². The van der Waals surface area contributed by atoms with Gasteiger partial charge < -0.3 is 22.9 Å². The van der Waals surface area contributed by atoms with Crippen LogP contribution in [0.4, 0.5) is 22.0 Å². The molecule has 1 aliphatic rings. The van der Waals surface area contributed by atoms with E-state index in [2.05, 4.69) is 41.9 Å². The third-order valence-corrected chi connectivity index (χ3v) is 7.02. The first-order valence-electron chi connectivity index (χ1n) is 11.9. The van der Waals surface area contributed by atoms with Crippen molar-refractivity contribution in [3.05, 3.63) is 134 Å². The molecule has 0 aromatic heterocycles. The van der Waals surface area contributed by atoms with Gasteiger partial charge in [0.25, 0.3) is 0 Å². The molecule has 0 saturated carbocycles. The molecule has 0 bridgehead atoms. The molecule has 0 amide bonds. The predicted molar refractivity (Wildman–Crippen MR) is 142 cm³/mol. The zero-order chi connectivity index (χ0) is 29.6. The molecule has 221 valence electrons. The molecule has 4 nitrogen and oxygen atoms in total. The molecule has 1 N–H and O–H groups in total. The van der Waals surface area contributed by atoms with Crippen LogP contribution < -0.4 is 12.4 Å². The van der Waals surface area contributed by atoms with Gasteiger partial charge in [0, 0.05) is 5.57 Å². The number of allylic oxidation sites excluding steroid dienone is 2. The van der Waals surface area contributed by atoms with Crippen molar-refractivity contribution in [1.82, 2.24) is 0 Å². The molecule has 4 rings (SSSR count). The summed E-state index contributed by atoms with van der Waals surface area (Å²) in [7, 11) is -5.38. The Morgan fingerprint density at radius 3 is 1.62 bits per heavy atom. The van der Waals surface area contributed by atoms with Crippen LogP contribution in [0.25, 0.3) is 10.5 Å². The molecular weight excluding hydrogens is 684 g/mol. The minimum Gasteiger partial charge on any atom is -1.00 e. The Morgan fingerprint density at radius 1 is 0.738 bits per heavy atom. The minimum atomic E-state index is -5.38. The van der Waals surface area contributed by atoms with Crippen LogP contribution >= 0.6 is 0 Å². The standard InChI is InChI=1S/C20H13F5N2O2S.C10H10.ClH.Ru/c21-13-14(22)16(24)20(17(25)15(13)23)30(28,29)27-19(12-9-5-2-6-10-12)18(26)11-7-3-1-4-8-11;1-8(2)10-6-4-9(3)5-7-10;;/h1-10,18-19,26H;8H,1-3H3;1H;/q-2;;;+3/p-1/t18-,19-;;;/m0.../s1. The molecule has 0 fully saturated rings. The summed E-state index contributed by atoms with van der Waals surface area (Å²) in [5.41, 5.74) is 17.0. The van der Waals surface area contributed by atoms with Gasteiger partial charge >= 0.3 is 19.5 Å². The Balaban J connectivity index is 0.000000626. The van der Waals surface area contributed by atoms with Crippen molar-refractivity contribution in [3.8, 4) is 11.8 Å². The first-order valence-corrected chi connectivity index (χ1v) is 13.3. The molecule has 42 heavy (non-hydrogen) atoms. The quantitative estimate of drug-likeness (QED) is 0.0840. The summed E-state index contributed by atoms with van der Waals surface area (Å²) >= 11 is 0. The van der Waals surface area contributed by atoms with Gasteiger partial charge in [0.2, 0.25) is 5.82 Å². The molecule has 3 aromatic rings. The van der Waals surface area contributed by atoms with Gasteiger partial charge in [0.05, 0.1) is 5.57 Å². The van der Waals surface area contributed by atoms with E-state index in [-0.39, 0.29) is 37.4 Å². The van der Waals surface area contributed by atoms with Crippen LogP contribution in [0.2, 0.25) is 0 Å². The zero-order valence-corrected chi connectivity index (χ0v) is 25.6. The van der Waals surface area contributed by atoms with Crippen LogP contribution in [-0.2, 0) is 29.5 Å². The van der Waals surface area contributed by atoms with E-state index >= 15 is 0 Å². The molecular formula is C30H23ClF5N2O2RuS. The average molecular weight is 707 g/mol. The smallest absolute Gasteiger partial charge is 1.00 e. The van der Waals surface area contributed by atoms with Crippen molar-refractivity contribution in [3.63, 3.8) is 0 Å². The number of nitrogens with zero attached hydrogens (tertiary/aromatic N) is 1. The van der Waals surface area contributed by atoms with E-state index in [0.717, 1.165) is 11.1 Å². The van der Waals surface area contributed by atoms with Gasteiger partial charge in [-0.3, -0.25) is 0 Å². The average Bonchev–Trinajstić information content (AvgIpc) is 2.95. The van der Waals surface area contributed by atoms with Gasteiger partial charge in [-0.2, -0.15) is 0 Å². The van der Waals surface area contributed by atoms with E-state index in [0.29, 0.717) is 11.5 Å². The SMILES string of the molecule is CC1=C=C=C(C(C)C)C#C1.[Cl-].[NH-][C@@H](c1ccccc1)[C@@H]([N-]S(=O)(=O)c1c(F)c(F)c(F)c(F)c1F)c1ccccc1.[Ru+3]. The van der Waals surface area contributed by atoms with Crippen molar-refractivity contribution < 1.29 is 62.3 Å². The van der Waals surface area contributed by atoms with Crippen molar-refractivity contribution in [2.24, 2.45) is 5.92 Å². The van der Waals surface area contributed by atoms with Gasteiger partial charge in [-0.1, -0.05) is 109 Å². The monoisotopic (exact) mass is 707 g/mol. The van der Waals surface area contributed by atoms with Crippen molar-refractivity contribution >= 4 is 10.0 Å². The van der Waals surface area contributed by atoms with E-state index in [1.807, 2.05) is 6.92 Å². The van der Waals surface area contributed by atoms with E-state index < -0.39 is 56.1 Å². The van der Waals surface area contributed by atoms with E-state index in [4.69, 9.17) is 5.73 Å². The molecule has 1 aliphatic carbocycles. The number of rotatable bonds is 7. The van der Waals surface area contributed by atoms with Crippen LogP contribution in [0.1, 0.15) is 44.0 Å². The van der Waals surface area contributed by atoms with Crippen molar-refractivity contribution in [2.75, 3.05) is 0 Å². The largest absolute Gasteiger partial charge is 3.00 e. The number of sulfonamides is 1. The number of halogens is 6. The van der Waals surface area contributed by atoms with E-state index in [1.54, 1.807) is 24.3 Å². The van der Waals surface area contributed by atoms with Crippen molar-refractivity contribution in [2.45, 2.75) is 37.8 Å². The molecule has 12 heteroatoms. The molecule has 0 saturated heterocycles. The Labute approximate surface area is 260 Å². The van der Waals surface area contributed by atoms with Crippen LogP contribution in [0.5, 0.6) is 0 Å². The third kappa shape index (κ3) is 8.73. The van der Waals surface area contributed by atoms with Gasteiger partial charge in [-0.25, -0.2) is 30.4 Å². The first-order chi connectivity index (χ1) is 18.8. The van der Waals surface area contributed by atoms with Gasteiger partial charge in [-0.15, -0.1) is 12.1 Å². The summed E-state index contributed by atoms with van der Waals surface area (Å²) in [5.74, 6) is -5.83. The first kappa shape index (κ1) is 37.0. The third-order valence-electron chi connectivity index (χ3n) is 5.64. The normalized spacial score (nSPS) is 13.2. The summed E-state index contributed by atoms with van der Waals surface area (Å²) in [6, 6.07) is 12.6. The molecule has 2 atom stereocenters. The second-order valence-corrected chi connectivity index (χ2v) is 10.5. The van der Waals surface area contributed by atoms with Gasteiger partial charge in [-0.05, 0) is 12.8 Å². The summed E-state index contributed by atoms with van der Waals surface area (Å²) in [5, 5.41) is 0. The predicted octanol–water partition coefficient (Wildman–Crippen LogP) is 5.27. The number of nitrogens with one attached hydrogen (secondary N) is 1. The van der Waals surface area contributed by atoms with Gasteiger partial charge in [0.15, 0.2) is 23.3 Å². The Kier molecular flexibility index (Phi) is 14.1. The second-order valence-electron chi connectivity index (χ2n) is 8.92. The zero-order valence-electron chi connectivity index (χ0n) is 22.3. The summed E-state index contributed by atoms with van der Waals surface area (Å²) in [6.07, 6.45) is 0. The van der Waals surface area contributed by atoms with Crippen LogP contribution in [-0.4, -0.2) is 8.42 Å². The number of benzene rings is 3. The fourth-order valence-corrected chi connectivity index (χ4v) is 4.77. The molecule has 0 heterocycles.